The number of carbonyl (C=O) groups is 3. The Bertz CT molecular complexity index is 1250. The second-order valence-corrected chi connectivity index (χ2v) is 8.96. The third kappa shape index (κ3) is 5.34. The molecule has 4 rings (SSSR count). The molecule has 0 radical (unpaired) electrons. The van der Waals surface area contributed by atoms with Crippen LogP contribution in [0.2, 0.25) is 0 Å². The molecule has 0 saturated heterocycles. The first-order valence-electron chi connectivity index (χ1n) is 12.2. The number of benzene rings is 2. The van der Waals surface area contributed by atoms with Crippen molar-refractivity contribution >= 4 is 34.4 Å². The van der Waals surface area contributed by atoms with Crippen LogP contribution in [0.5, 0.6) is 0 Å². The molecule has 0 saturated carbocycles. The first kappa shape index (κ1) is 24.4. The molecule has 2 aromatic carbocycles. The Balaban J connectivity index is 1.44. The highest BCUT2D eigenvalue weighted by atomic mass is 16.5. The lowest BCUT2D eigenvalue weighted by Crippen LogP contribution is -2.30. The second kappa shape index (κ2) is 10.7. The topological polar surface area (TPSA) is 88.6 Å². The van der Waals surface area contributed by atoms with Crippen molar-refractivity contribution in [1.29, 1.82) is 0 Å². The average molecular weight is 474 g/mol. The number of ether oxygens (including phenoxy) is 1. The maximum absolute atomic E-state index is 13.2. The molecule has 0 unspecified atom stereocenters. The summed E-state index contributed by atoms with van der Waals surface area (Å²) < 4.78 is 5.45. The van der Waals surface area contributed by atoms with Gasteiger partial charge in [0.2, 0.25) is 0 Å². The molecule has 2 amide bonds. The summed E-state index contributed by atoms with van der Waals surface area (Å²) in [5, 5.41) is 3.47. The number of amides is 2. The van der Waals surface area contributed by atoms with Gasteiger partial charge in [0.05, 0.1) is 11.1 Å². The van der Waals surface area contributed by atoms with Crippen LogP contribution in [-0.4, -0.2) is 47.4 Å². The summed E-state index contributed by atoms with van der Waals surface area (Å²) in [5.41, 5.74) is 4.24. The maximum atomic E-state index is 13.2. The van der Waals surface area contributed by atoms with Gasteiger partial charge in [-0.25, -0.2) is 4.79 Å². The van der Waals surface area contributed by atoms with E-state index >= 15 is 0 Å². The van der Waals surface area contributed by atoms with E-state index in [0.29, 0.717) is 35.8 Å². The lowest BCUT2D eigenvalue weighted by atomic mass is 9.84. The summed E-state index contributed by atoms with van der Waals surface area (Å²) in [6.45, 7) is 6.90. The van der Waals surface area contributed by atoms with E-state index in [4.69, 9.17) is 9.72 Å². The Morgan fingerprint density at radius 2 is 1.77 bits per heavy atom. The highest BCUT2D eigenvalue weighted by Crippen LogP contribution is 2.32. The Kier molecular flexibility index (Phi) is 7.44. The molecule has 7 heteroatoms. The number of hydrogen-bond acceptors (Lipinski definition) is 5. The van der Waals surface area contributed by atoms with E-state index in [0.717, 1.165) is 41.4 Å². The number of para-hydroxylation sites is 1. The Morgan fingerprint density at radius 3 is 2.49 bits per heavy atom. The molecule has 182 valence electrons. The number of rotatable bonds is 7. The quantitative estimate of drug-likeness (QED) is 0.505. The fourth-order valence-electron chi connectivity index (χ4n) is 4.59. The maximum Gasteiger partial charge on any atom is 0.339 e. The van der Waals surface area contributed by atoms with E-state index in [1.165, 1.54) is 0 Å². The monoisotopic (exact) mass is 473 g/mol. The summed E-state index contributed by atoms with van der Waals surface area (Å²) in [6.07, 6.45) is 2.63. The molecular formula is C28H31N3O4. The summed E-state index contributed by atoms with van der Waals surface area (Å²) in [7, 11) is 0. The molecule has 1 atom stereocenters. The number of esters is 1. The molecule has 3 aromatic rings. The van der Waals surface area contributed by atoms with Crippen LogP contribution in [0.1, 0.15) is 59.2 Å². The highest BCUT2D eigenvalue weighted by molar-refractivity contribution is 6.06. The van der Waals surface area contributed by atoms with Crippen LogP contribution in [0.4, 0.5) is 5.69 Å². The fourth-order valence-corrected chi connectivity index (χ4v) is 4.59. The van der Waals surface area contributed by atoms with Gasteiger partial charge in [0.25, 0.3) is 11.8 Å². The second-order valence-electron chi connectivity index (χ2n) is 8.96. The van der Waals surface area contributed by atoms with Crippen molar-refractivity contribution in [2.45, 2.75) is 40.0 Å². The summed E-state index contributed by atoms with van der Waals surface area (Å²) in [4.78, 5) is 44.6. The number of anilines is 1. The Labute approximate surface area is 205 Å². The van der Waals surface area contributed by atoms with Crippen LogP contribution in [-0.2, 0) is 22.4 Å². The van der Waals surface area contributed by atoms with E-state index in [1.807, 2.05) is 38.1 Å². The smallest absolute Gasteiger partial charge is 0.339 e. The summed E-state index contributed by atoms with van der Waals surface area (Å²) >= 11 is 0. The van der Waals surface area contributed by atoms with Gasteiger partial charge in [-0.05, 0) is 74.9 Å². The molecular weight excluding hydrogens is 442 g/mol. The van der Waals surface area contributed by atoms with Crippen molar-refractivity contribution in [3.63, 3.8) is 0 Å². The fraction of sp³-hybridized carbons (Fsp3) is 0.357. The van der Waals surface area contributed by atoms with Gasteiger partial charge in [0, 0.05) is 35.4 Å². The minimum absolute atomic E-state index is 0.0518. The van der Waals surface area contributed by atoms with Gasteiger partial charge in [0.15, 0.2) is 6.61 Å². The van der Waals surface area contributed by atoms with Crippen molar-refractivity contribution in [3.8, 4) is 0 Å². The van der Waals surface area contributed by atoms with E-state index in [1.54, 1.807) is 29.2 Å². The molecule has 0 aliphatic heterocycles. The molecule has 7 nitrogen and oxygen atoms in total. The average Bonchev–Trinajstić information content (AvgIpc) is 2.87. The minimum Gasteiger partial charge on any atom is -0.452 e. The van der Waals surface area contributed by atoms with Gasteiger partial charge in [-0.1, -0.05) is 25.1 Å². The van der Waals surface area contributed by atoms with Crippen LogP contribution in [0.3, 0.4) is 0 Å². The van der Waals surface area contributed by atoms with Gasteiger partial charge in [-0.2, -0.15) is 0 Å². The zero-order valence-electron chi connectivity index (χ0n) is 20.5. The SMILES string of the molecule is CCN(CC)C(=O)c1ccc(NC(=O)COC(=O)c2c3c(nc4ccccc24)CC[C@@H](C)C3)cc1. The summed E-state index contributed by atoms with van der Waals surface area (Å²) in [6, 6.07) is 14.2. The van der Waals surface area contributed by atoms with Crippen LogP contribution in [0.25, 0.3) is 10.9 Å². The number of fused-ring (bicyclic) bond motifs is 2. The molecule has 0 fully saturated rings. The van der Waals surface area contributed by atoms with Crippen molar-refractivity contribution in [3.05, 3.63) is 70.9 Å². The molecule has 0 spiro atoms. The number of aromatic nitrogens is 1. The zero-order valence-corrected chi connectivity index (χ0v) is 20.5. The van der Waals surface area contributed by atoms with Crippen molar-refractivity contribution < 1.29 is 19.1 Å². The van der Waals surface area contributed by atoms with Crippen LogP contribution in [0, 0.1) is 5.92 Å². The third-order valence-electron chi connectivity index (χ3n) is 6.51. The van der Waals surface area contributed by atoms with E-state index in [-0.39, 0.29) is 5.91 Å². The Morgan fingerprint density at radius 1 is 1.06 bits per heavy atom. The molecule has 1 aliphatic carbocycles. The Hall–Kier alpha value is -3.74. The predicted octanol–water partition coefficient (Wildman–Crippen LogP) is 4.64. The molecule has 35 heavy (non-hydrogen) atoms. The van der Waals surface area contributed by atoms with E-state index in [2.05, 4.69) is 12.2 Å². The first-order chi connectivity index (χ1) is 16.9. The van der Waals surface area contributed by atoms with Crippen LogP contribution < -0.4 is 5.32 Å². The number of carbonyl (C=O) groups excluding carboxylic acids is 3. The molecule has 1 heterocycles. The van der Waals surface area contributed by atoms with Crippen molar-refractivity contribution in [1.82, 2.24) is 9.88 Å². The number of nitrogens with one attached hydrogen (secondary N) is 1. The van der Waals surface area contributed by atoms with Crippen LogP contribution >= 0.6 is 0 Å². The largest absolute Gasteiger partial charge is 0.452 e. The highest BCUT2D eigenvalue weighted by Gasteiger charge is 2.26. The molecule has 1 aromatic heterocycles. The van der Waals surface area contributed by atoms with Gasteiger partial charge in [-0.3, -0.25) is 14.6 Å². The van der Waals surface area contributed by atoms with Gasteiger partial charge in [0.1, 0.15) is 0 Å². The lowest BCUT2D eigenvalue weighted by Gasteiger charge is -2.24. The van der Waals surface area contributed by atoms with Gasteiger partial charge < -0.3 is 15.0 Å². The number of hydrogen-bond donors (Lipinski definition) is 1. The number of nitrogens with zero attached hydrogens (tertiary/aromatic N) is 2. The molecule has 0 bridgehead atoms. The summed E-state index contributed by atoms with van der Waals surface area (Å²) in [5.74, 6) is -0.549. The van der Waals surface area contributed by atoms with Crippen molar-refractivity contribution in [2.24, 2.45) is 5.92 Å². The lowest BCUT2D eigenvalue weighted by molar-refractivity contribution is -0.119. The predicted molar refractivity (Wildman–Crippen MR) is 136 cm³/mol. The third-order valence-corrected chi connectivity index (χ3v) is 6.51. The van der Waals surface area contributed by atoms with Crippen LogP contribution in [0.15, 0.2) is 48.5 Å². The van der Waals surface area contributed by atoms with Gasteiger partial charge >= 0.3 is 5.97 Å². The van der Waals surface area contributed by atoms with Gasteiger partial charge in [-0.15, -0.1) is 0 Å². The number of aryl methyl sites for hydroxylation is 1. The zero-order chi connectivity index (χ0) is 24.9. The first-order valence-corrected chi connectivity index (χ1v) is 12.2. The normalized spacial score (nSPS) is 14.8. The number of pyridine rings is 1. The molecule has 1 aliphatic rings. The standard InChI is InChI=1S/C28H31N3O4/c1-4-31(5-2)27(33)19-11-13-20(14-12-19)29-25(32)17-35-28(34)26-21-8-6-7-9-23(21)30-24-15-10-18(3)16-22(24)26/h6-9,11-14,18H,4-5,10,15-17H2,1-3H3,(H,29,32)/t18-/m1/s1. The van der Waals surface area contributed by atoms with Crippen molar-refractivity contribution in [2.75, 3.05) is 25.0 Å². The molecule has 1 N–H and O–H groups in total. The van der Waals surface area contributed by atoms with E-state index in [9.17, 15) is 14.4 Å². The van der Waals surface area contributed by atoms with E-state index < -0.39 is 18.5 Å². The minimum atomic E-state index is -0.510.